The van der Waals surface area contributed by atoms with Crippen LogP contribution in [0.2, 0.25) is 0 Å². The van der Waals surface area contributed by atoms with Gasteiger partial charge >= 0.3 is 5.97 Å². The number of methoxy groups -OCH3 is 1. The van der Waals surface area contributed by atoms with Gasteiger partial charge in [0, 0.05) is 28.5 Å². The number of ether oxygens (including phenoxy) is 2. The number of rotatable bonds is 6. The number of ketones is 1. The van der Waals surface area contributed by atoms with Gasteiger partial charge in [-0.05, 0) is 36.6 Å². The summed E-state index contributed by atoms with van der Waals surface area (Å²) in [5.74, 6) is -0.0294. The number of fused-ring (bicyclic) bond motifs is 5. The van der Waals surface area contributed by atoms with E-state index in [1.165, 1.54) is 0 Å². The predicted octanol–water partition coefficient (Wildman–Crippen LogP) is 3.90. The molecule has 8 heteroatoms. The molecule has 0 aliphatic carbocycles. The highest BCUT2D eigenvalue weighted by atomic mass is 16.6. The molecule has 4 aromatic rings. The number of aromatic nitrogens is 2. The Morgan fingerprint density at radius 3 is 2.68 bits per heavy atom. The summed E-state index contributed by atoms with van der Waals surface area (Å²) in [6.45, 7) is 1.82. The van der Waals surface area contributed by atoms with E-state index in [0.29, 0.717) is 53.2 Å². The van der Waals surface area contributed by atoms with Crippen LogP contribution in [0.4, 0.5) is 0 Å². The van der Waals surface area contributed by atoms with Gasteiger partial charge in [-0.3, -0.25) is 9.59 Å². The van der Waals surface area contributed by atoms with Gasteiger partial charge in [0.1, 0.15) is 12.4 Å². The predicted molar refractivity (Wildman–Crippen MR) is 140 cm³/mol. The average molecular weight is 511 g/mol. The number of cyclic esters (lactones) is 1. The highest BCUT2D eigenvalue weighted by Gasteiger charge is 2.45. The molecule has 0 bridgehead atoms. The molecule has 2 aliphatic rings. The second-order valence-corrected chi connectivity index (χ2v) is 9.71. The maximum Gasteiger partial charge on any atom is 0.343 e. The van der Waals surface area contributed by atoms with Crippen molar-refractivity contribution in [2.24, 2.45) is 0 Å². The molecule has 0 saturated heterocycles. The van der Waals surface area contributed by atoms with Crippen molar-refractivity contribution in [1.82, 2.24) is 9.55 Å². The third-order valence-corrected chi connectivity index (χ3v) is 7.64. The number of Topliss-reactive ketones (excluding diaryl/α,β-unsaturated/α-hetero) is 1. The van der Waals surface area contributed by atoms with Gasteiger partial charge in [0.05, 0.1) is 36.1 Å². The van der Waals surface area contributed by atoms with Crippen molar-refractivity contribution < 1.29 is 24.2 Å². The van der Waals surface area contributed by atoms with Crippen LogP contribution in [-0.2, 0) is 34.7 Å². The zero-order chi connectivity index (χ0) is 26.6. The van der Waals surface area contributed by atoms with Gasteiger partial charge in [-0.1, -0.05) is 43.3 Å². The second kappa shape index (κ2) is 8.92. The second-order valence-electron chi connectivity index (χ2n) is 9.71. The Morgan fingerprint density at radius 1 is 1.16 bits per heavy atom. The van der Waals surface area contributed by atoms with E-state index in [0.717, 1.165) is 16.5 Å². The molecule has 8 nitrogen and oxygen atoms in total. The summed E-state index contributed by atoms with van der Waals surface area (Å²) < 4.78 is 12.5. The van der Waals surface area contributed by atoms with E-state index in [4.69, 9.17) is 14.5 Å². The molecule has 6 rings (SSSR count). The number of carbonyl (C=O) groups excluding carboxylic acids is 2. The molecular weight excluding hydrogens is 484 g/mol. The molecule has 0 spiro atoms. The van der Waals surface area contributed by atoms with Crippen LogP contribution in [0.15, 0.2) is 59.4 Å². The van der Waals surface area contributed by atoms with Crippen LogP contribution in [0.3, 0.4) is 0 Å². The van der Waals surface area contributed by atoms with Crippen LogP contribution >= 0.6 is 0 Å². The molecule has 38 heavy (non-hydrogen) atoms. The maximum atomic E-state index is 13.4. The van der Waals surface area contributed by atoms with Crippen LogP contribution < -0.4 is 10.3 Å². The standard InChI is InChI=1S/C30H26N2O6/c1-3-30(36)22-14-24-26-19(15-32(24)28(34)21(22)16-38-29(30)35)13-20-23(31-26)11-9-18(27(20)37-2)10-12-25(33)17-7-5-4-6-8-17/h4-9,11,13-14,36H,3,10,12,15-16H2,1-2H3/t30-/m0/s1. The van der Waals surface area contributed by atoms with Crippen molar-refractivity contribution in [1.29, 1.82) is 0 Å². The van der Waals surface area contributed by atoms with E-state index < -0.39 is 11.6 Å². The molecule has 0 unspecified atom stereocenters. The molecule has 2 aliphatic heterocycles. The fraction of sp³-hybridized carbons (Fsp3) is 0.267. The summed E-state index contributed by atoms with van der Waals surface area (Å²) >= 11 is 0. The number of hydrogen-bond donors (Lipinski definition) is 1. The summed E-state index contributed by atoms with van der Waals surface area (Å²) in [4.78, 5) is 43.3. The first-order valence-electron chi connectivity index (χ1n) is 12.6. The lowest BCUT2D eigenvalue weighted by molar-refractivity contribution is -0.172. The average Bonchev–Trinajstić information content (AvgIpc) is 3.30. The Kier molecular flexibility index (Phi) is 5.65. The SMILES string of the molecule is CC[C@@]1(O)C(=O)OCc2c1cc1n(c2=O)Cc2cc3c(OC)c(CCC(=O)c4ccccc4)ccc3nc2-1. The summed E-state index contributed by atoms with van der Waals surface area (Å²) in [6.07, 6.45) is 0.949. The highest BCUT2D eigenvalue weighted by Crippen LogP contribution is 2.40. The number of hydrogen-bond acceptors (Lipinski definition) is 7. The van der Waals surface area contributed by atoms with Crippen molar-refractivity contribution in [3.63, 3.8) is 0 Å². The van der Waals surface area contributed by atoms with Gasteiger partial charge in [0.15, 0.2) is 11.4 Å². The van der Waals surface area contributed by atoms with Gasteiger partial charge < -0.3 is 19.1 Å². The van der Waals surface area contributed by atoms with Crippen molar-refractivity contribution >= 4 is 22.7 Å². The third-order valence-electron chi connectivity index (χ3n) is 7.64. The molecule has 192 valence electrons. The molecule has 0 radical (unpaired) electrons. The van der Waals surface area contributed by atoms with E-state index in [2.05, 4.69) is 0 Å². The fourth-order valence-electron chi connectivity index (χ4n) is 5.53. The molecule has 0 amide bonds. The van der Waals surface area contributed by atoms with Crippen LogP contribution in [0.1, 0.15) is 52.4 Å². The summed E-state index contributed by atoms with van der Waals surface area (Å²) in [5.41, 5.74) is 2.70. The first-order valence-corrected chi connectivity index (χ1v) is 12.6. The largest absolute Gasteiger partial charge is 0.496 e. The Labute approximate surface area is 218 Å². The molecular formula is C30H26N2O6. The molecule has 0 fully saturated rings. The lowest BCUT2D eigenvalue weighted by Gasteiger charge is -2.31. The number of aryl methyl sites for hydroxylation is 1. The third kappa shape index (κ3) is 3.55. The monoisotopic (exact) mass is 510 g/mol. The van der Waals surface area contributed by atoms with Crippen molar-refractivity contribution in [2.45, 2.75) is 44.9 Å². The quantitative estimate of drug-likeness (QED) is 0.273. The minimum atomic E-state index is -1.86. The summed E-state index contributed by atoms with van der Waals surface area (Å²) in [7, 11) is 1.60. The Morgan fingerprint density at radius 2 is 1.95 bits per heavy atom. The number of pyridine rings is 2. The van der Waals surface area contributed by atoms with E-state index in [9.17, 15) is 19.5 Å². The van der Waals surface area contributed by atoms with E-state index in [-0.39, 0.29) is 29.9 Å². The van der Waals surface area contributed by atoms with Crippen LogP contribution in [0, 0.1) is 0 Å². The van der Waals surface area contributed by atoms with E-state index in [1.807, 2.05) is 48.5 Å². The molecule has 0 saturated carbocycles. The zero-order valence-electron chi connectivity index (χ0n) is 21.1. The van der Waals surface area contributed by atoms with Crippen molar-refractivity contribution in [3.05, 3.63) is 92.8 Å². The topological polar surface area (TPSA) is 108 Å². The smallest absolute Gasteiger partial charge is 0.343 e. The minimum Gasteiger partial charge on any atom is -0.496 e. The van der Waals surface area contributed by atoms with Crippen molar-refractivity contribution in [2.75, 3.05) is 7.11 Å². The lowest BCUT2D eigenvalue weighted by atomic mass is 9.86. The molecule has 1 atom stereocenters. The number of esters is 1. The summed E-state index contributed by atoms with van der Waals surface area (Å²) in [5, 5.41) is 11.9. The maximum absolute atomic E-state index is 13.4. The van der Waals surface area contributed by atoms with Gasteiger partial charge in [0.2, 0.25) is 0 Å². The number of benzene rings is 2. The van der Waals surface area contributed by atoms with Crippen LogP contribution in [-0.4, -0.2) is 33.5 Å². The van der Waals surface area contributed by atoms with Crippen LogP contribution in [0.25, 0.3) is 22.3 Å². The summed E-state index contributed by atoms with van der Waals surface area (Å²) in [6, 6.07) is 16.7. The van der Waals surface area contributed by atoms with Crippen LogP contribution in [0.5, 0.6) is 5.75 Å². The Hall–Kier alpha value is -4.30. The van der Waals surface area contributed by atoms with E-state index in [1.54, 1.807) is 24.7 Å². The highest BCUT2D eigenvalue weighted by molar-refractivity contribution is 5.96. The van der Waals surface area contributed by atoms with Gasteiger partial charge in [0.25, 0.3) is 5.56 Å². The molecule has 2 aromatic carbocycles. The Balaban J connectivity index is 1.40. The fourth-order valence-corrected chi connectivity index (χ4v) is 5.53. The molecule has 2 aromatic heterocycles. The lowest BCUT2D eigenvalue weighted by Crippen LogP contribution is -2.44. The first kappa shape index (κ1) is 24.1. The van der Waals surface area contributed by atoms with Gasteiger partial charge in [-0.2, -0.15) is 0 Å². The van der Waals surface area contributed by atoms with Gasteiger partial charge in [-0.25, -0.2) is 9.78 Å². The number of carbonyl (C=O) groups is 2. The zero-order valence-corrected chi connectivity index (χ0v) is 21.1. The molecule has 4 heterocycles. The normalized spacial score (nSPS) is 17.5. The molecule has 1 N–H and O–H groups in total. The minimum absolute atomic E-state index is 0.0631. The number of aliphatic hydroxyl groups is 1. The number of nitrogens with zero attached hydrogens (tertiary/aromatic N) is 2. The first-order chi connectivity index (χ1) is 18.4. The van der Waals surface area contributed by atoms with Crippen molar-refractivity contribution in [3.8, 4) is 17.1 Å². The van der Waals surface area contributed by atoms with E-state index >= 15 is 0 Å². The Bertz CT molecular complexity index is 1690. The van der Waals surface area contributed by atoms with Gasteiger partial charge in [-0.15, -0.1) is 0 Å².